The van der Waals surface area contributed by atoms with Crippen molar-refractivity contribution in [3.8, 4) is 0 Å². The monoisotopic (exact) mass is 440 g/mol. The molecular formula is C21H20N4O3S2. The van der Waals surface area contributed by atoms with E-state index in [-0.39, 0.29) is 24.0 Å². The molecule has 0 fully saturated rings. The van der Waals surface area contributed by atoms with Crippen LogP contribution in [0.4, 0.5) is 5.13 Å². The number of Topliss-reactive ketones (excluding diaryl/α,β-unsaturated/α-hetero) is 1. The molecule has 1 aliphatic carbocycles. The highest BCUT2D eigenvalue weighted by atomic mass is 32.1. The summed E-state index contributed by atoms with van der Waals surface area (Å²) in [6.45, 7) is 2.34. The van der Waals surface area contributed by atoms with Gasteiger partial charge in [0.15, 0.2) is 10.9 Å². The van der Waals surface area contributed by atoms with Gasteiger partial charge in [-0.15, -0.1) is 11.3 Å². The molecule has 1 aliphatic rings. The lowest BCUT2D eigenvalue weighted by Gasteiger charge is -2.24. The number of ketones is 1. The third-order valence-corrected chi connectivity index (χ3v) is 6.72. The van der Waals surface area contributed by atoms with Crippen LogP contribution in [0.5, 0.6) is 0 Å². The fourth-order valence-corrected chi connectivity index (χ4v) is 5.04. The van der Waals surface area contributed by atoms with Crippen LogP contribution in [0.25, 0.3) is 0 Å². The zero-order valence-electron chi connectivity index (χ0n) is 16.5. The second kappa shape index (κ2) is 8.45. The van der Waals surface area contributed by atoms with Gasteiger partial charge in [-0.1, -0.05) is 29.0 Å². The maximum Gasteiger partial charge on any atom is 0.257 e. The average Bonchev–Trinajstić information content (AvgIpc) is 3.37. The molecule has 1 N–H and O–H groups in total. The van der Waals surface area contributed by atoms with Gasteiger partial charge in [-0.05, 0) is 19.1 Å². The first-order valence-corrected chi connectivity index (χ1v) is 11.1. The standard InChI is InChI=1S/C21H20N4O3S2/c1-12-4-3-5-13(8-12)19(27)24-21-23-15-9-14(10-16(26)18(15)30-21)20(28)25(2)11-17-22-6-7-29-17/h3-8,14H,9-11H2,1-2H3,(H,23,24,27)/t14-/m0/s1. The first-order valence-electron chi connectivity index (χ1n) is 9.45. The van der Waals surface area contributed by atoms with E-state index in [2.05, 4.69) is 15.3 Å². The molecule has 0 saturated heterocycles. The summed E-state index contributed by atoms with van der Waals surface area (Å²) in [5.41, 5.74) is 2.10. The van der Waals surface area contributed by atoms with Gasteiger partial charge >= 0.3 is 0 Å². The normalized spacial score (nSPS) is 15.5. The highest BCUT2D eigenvalue weighted by Crippen LogP contribution is 2.33. The Morgan fingerprint density at radius 1 is 1.30 bits per heavy atom. The number of aryl methyl sites for hydroxylation is 1. The van der Waals surface area contributed by atoms with Gasteiger partial charge in [-0.2, -0.15) is 0 Å². The molecule has 2 amide bonds. The highest BCUT2D eigenvalue weighted by molar-refractivity contribution is 7.17. The molecule has 9 heteroatoms. The summed E-state index contributed by atoms with van der Waals surface area (Å²) in [4.78, 5) is 48.7. The van der Waals surface area contributed by atoms with Crippen LogP contribution in [0.2, 0.25) is 0 Å². The lowest BCUT2D eigenvalue weighted by molar-refractivity contribution is -0.134. The number of carbonyl (C=O) groups excluding carboxylic acids is 3. The zero-order valence-corrected chi connectivity index (χ0v) is 18.2. The van der Waals surface area contributed by atoms with Gasteiger partial charge in [-0.25, -0.2) is 9.97 Å². The molecule has 0 bridgehead atoms. The summed E-state index contributed by atoms with van der Waals surface area (Å²) >= 11 is 2.66. The minimum absolute atomic E-state index is 0.0949. The largest absolute Gasteiger partial charge is 0.339 e. The first-order chi connectivity index (χ1) is 14.4. The molecule has 0 radical (unpaired) electrons. The van der Waals surface area contributed by atoms with Gasteiger partial charge in [0.25, 0.3) is 5.91 Å². The molecular weight excluding hydrogens is 420 g/mol. The number of hydrogen-bond donors (Lipinski definition) is 1. The van der Waals surface area contributed by atoms with Crippen molar-refractivity contribution in [2.24, 2.45) is 5.92 Å². The lowest BCUT2D eigenvalue weighted by Crippen LogP contribution is -2.36. The van der Waals surface area contributed by atoms with E-state index in [1.54, 1.807) is 30.3 Å². The minimum atomic E-state index is -0.447. The molecule has 1 atom stereocenters. The Hall–Kier alpha value is -2.91. The molecule has 2 aromatic heterocycles. The third-order valence-electron chi connectivity index (χ3n) is 4.90. The molecule has 0 unspecified atom stereocenters. The molecule has 154 valence electrons. The van der Waals surface area contributed by atoms with Crippen LogP contribution in [0.3, 0.4) is 0 Å². The fraction of sp³-hybridized carbons (Fsp3) is 0.286. The summed E-state index contributed by atoms with van der Waals surface area (Å²) in [7, 11) is 1.72. The molecule has 3 aromatic rings. The Kier molecular flexibility index (Phi) is 5.74. The van der Waals surface area contributed by atoms with Gasteiger partial charge in [0, 0.05) is 37.0 Å². The fourth-order valence-electron chi connectivity index (χ4n) is 3.44. The Bertz CT molecular complexity index is 1110. The first kappa shape index (κ1) is 20.4. The molecule has 1 aromatic carbocycles. The third kappa shape index (κ3) is 4.31. The molecule has 0 aliphatic heterocycles. The van der Waals surface area contributed by atoms with Crippen molar-refractivity contribution in [3.05, 3.63) is 62.5 Å². The summed E-state index contributed by atoms with van der Waals surface area (Å²) < 4.78 is 0. The Morgan fingerprint density at radius 3 is 2.87 bits per heavy atom. The van der Waals surface area contributed by atoms with Gasteiger partial charge in [0.05, 0.1) is 23.0 Å². The van der Waals surface area contributed by atoms with Crippen molar-refractivity contribution in [2.75, 3.05) is 12.4 Å². The van der Waals surface area contributed by atoms with E-state index in [4.69, 9.17) is 0 Å². The number of anilines is 1. The van der Waals surface area contributed by atoms with Crippen molar-refractivity contribution < 1.29 is 14.4 Å². The maximum absolute atomic E-state index is 12.8. The summed E-state index contributed by atoms with van der Waals surface area (Å²) in [5.74, 6) is -0.918. The van der Waals surface area contributed by atoms with Crippen LogP contribution >= 0.6 is 22.7 Å². The Balaban J connectivity index is 1.46. The van der Waals surface area contributed by atoms with Gasteiger partial charge < -0.3 is 4.90 Å². The lowest BCUT2D eigenvalue weighted by atomic mass is 9.89. The molecule has 0 spiro atoms. The Labute approximate surface area is 181 Å². The van der Waals surface area contributed by atoms with E-state index in [1.807, 2.05) is 24.4 Å². The van der Waals surface area contributed by atoms with Crippen molar-refractivity contribution in [1.29, 1.82) is 0 Å². The number of hydrogen-bond acceptors (Lipinski definition) is 7. The number of fused-ring (bicyclic) bond motifs is 1. The molecule has 2 heterocycles. The van der Waals surface area contributed by atoms with Gasteiger partial charge in [0.2, 0.25) is 5.91 Å². The average molecular weight is 441 g/mol. The van der Waals surface area contributed by atoms with Crippen molar-refractivity contribution in [2.45, 2.75) is 26.3 Å². The molecule has 0 saturated carbocycles. The van der Waals surface area contributed by atoms with E-state index in [9.17, 15) is 14.4 Å². The van der Waals surface area contributed by atoms with Crippen LogP contribution < -0.4 is 5.32 Å². The molecule has 4 rings (SSSR count). The Morgan fingerprint density at radius 2 is 2.13 bits per heavy atom. The maximum atomic E-state index is 12.8. The topological polar surface area (TPSA) is 92.3 Å². The second-order valence-corrected chi connectivity index (χ2v) is 9.25. The number of thiazole rings is 2. The van der Waals surface area contributed by atoms with Crippen LogP contribution in [0.1, 0.15) is 42.7 Å². The number of aromatic nitrogens is 2. The van der Waals surface area contributed by atoms with E-state index in [0.29, 0.717) is 34.2 Å². The van der Waals surface area contributed by atoms with Crippen LogP contribution in [-0.4, -0.2) is 39.5 Å². The smallest absolute Gasteiger partial charge is 0.257 e. The van der Waals surface area contributed by atoms with Crippen LogP contribution in [-0.2, 0) is 17.8 Å². The van der Waals surface area contributed by atoms with Crippen LogP contribution in [0, 0.1) is 12.8 Å². The van der Waals surface area contributed by atoms with Crippen molar-refractivity contribution in [1.82, 2.24) is 14.9 Å². The van der Waals surface area contributed by atoms with Crippen LogP contribution in [0.15, 0.2) is 35.8 Å². The van der Waals surface area contributed by atoms with Gasteiger partial charge in [0.1, 0.15) is 5.01 Å². The number of benzene rings is 1. The molecule has 30 heavy (non-hydrogen) atoms. The zero-order chi connectivity index (χ0) is 21.3. The highest BCUT2D eigenvalue weighted by Gasteiger charge is 2.34. The molecule has 7 nitrogen and oxygen atoms in total. The SMILES string of the molecule is Cc1cccc(C(=O)Nc2nc3c(s2)C(=O)C[C@@H](C(=O)N(C)Cc2nccs2)C3)c1. The number of nitrogens with one attached hydrogen (secondary N) is 1. The van der Waals surface area contributed by atoms with Crippen molar-refractivity contribution >= 4 is 45.4 Å². The number of carbonyl (C=O) groups is 3. The summed E-state index contributed by atoms with van der Waals surface area (Å²) in [6, 6.07) is 7.26. The number of amides is 2. The predicted octanol–water partition coefficient (Wildman–Crippen LogP) is 3.56. The van der Waals surface area contributed by atoms with E-state index >= 15 is 0 Å². The summed E-state index contributed by atoms with van der Waals surface area (Å²) in [5, 5.41) is 5.87. The number of rotatable bonds is 5. The minimum Gasteiger partial charge on any atom is -0.339 e. The quantitative estimate of drug-likeness (QED) is 0.655. The second-order valence-electron chi connectivity index (χ2n) is 7.27. The van der Waals surface area contributed by atoms with Crippen molar-refractivity contribution in [3.63, 3.8) is 0 Å². The predicted molar refractivity (Wildman–Crippen MR) is 116 cm³/mol. The van der Waals surface area contributed by atoms with E-state index in [1.165, 1.54) is 22.7 Å². The van der Waals surface area contributed by atoms with Gasteiger partial charge in [-0.3, -0.25) is 19.7 Å². The van der Waals surface area contributed by atoms with E-state index < -0.39 is 5.92 Å². The van der Waals surface area contributed by atoms with E-state index in [0.717, 1.165) is 10.6 Å². The summed E-state index contributed by atoms with van der Waals surface area (Å²) in [6.07, 6.45) is 2.25. The number of nitrogens with zero attached hydrogens (tertiary/aromatic N) is 3.